The Labute approximate surface area is 99.0 Å². The lowest BCUT2D eigenvalue weighted by atomic mass is 10.3. The Bertz CT molecular complexity index is 307. The molecule has 0 aliphatic heterocycles. The van der Waals surface area contributed by atoms with E-state index in [2.05, 4.69) is 0 Å². The maximum atomic E-state index is 11.6. The molecule has 0 atom stereocenters. The molecule has 0 saturated carbocycles. The number of carbonyl (C=O) groups excluding carboxylic acids is 1. The number of methoxy groups -OCH3 is 1. The van der Waals surface area contributed by atoms with Crippen molar-refractivity contribution in [2.45, 2.75) is 13.3 Å². The van der Waals surface area contributed by atoms with Gasteiger partial charge in [0.25, 0.3) is 0 Å². The lowest BCUT2D eigenvalue weighted by molar-refractivity contribution is 0.102. The van der Waals surface area contributed by atoms with Crippen molar-refractivity contribution in [2.75, 3.05) is 25.2 Å². The molecule has 0 N–H and O–H groups in total. The van der Waals surface area contributed by atoms with Crippen LogP contribution in [0.15, 0.2) is 12.1 Å². The molecule has 0 spiro atoms. The van der Waals surface area contributed by atoms with Crippen molar-refractivity contribution in [3.05, 3.63) is 21.9 Å². The van der Waals surface area contributed by atoms with Crippen LogP contribution in [0.4, 0.5) is 0 Å². The first-order valence-corrected chi connectivity index (χ1v) is 6.87. The summed E-state index contributed by atoms with van der Waals surface area (Å²) in [6.07, 6.45) is 1.01. The molecule has 0 aliphatic carbocycles. The van der Waals surface area contributed by atoms with Gasteiger partial charge in [0.1, 0.15) is 0 Å². The Balaban J connectivity index is 2.19. The van der Waals surface area contributed by atoms with Crippen molar-refractivity contribution in [3.8, 4) is 0 Å². The third kappa shape index (κ3) is 4.82. The molecule has 0 aromatic carbocycles. The van der Waals surface area contributed by atoms with Crippen LogP contribution in [0.2, 0.25) is 0 Å². The van der Waals surface area contributed by atoms with Gasteiger partial charge >= 0.3 is 0 Å². The third-order valence-corrected chi connectivity index (χ3v) is 3.97. The Hall–Kier alpha value is -0.320. The molecule has 84 valence electrons. The van der Waals surface area contributed by atoms with Crippen LogP contribution in [-0.2, 0) is 4.74 Å². The highest BCUT2D eigenvalue weighted by molar-refractivity contribution is 7.99. The Kier molecular flexibility index (Phi) is 5.98. The van der Waals surface area contributed by atoms with Gasteiger partial charge in [0.2, 0.25) is 0 Å². The topological polar surface area (TPSA) is 26.3 Å². The molecule has 0 radical (unpaired) electrons. The highest BCUT2D eigenvalue weighted by Crippen LogP contribution is 2.17. The summed E-state index contributed by atoms with van der Waals surface area (Å²) in [4.78, 5) is 13.7. The SMILES string of the molecule is COCCCSCC(=O)c1ccc(C)s1. The summed E-state index contributed by atoms with van der Waals surface area (Å²) in [5.41, 5.74) is 0. The van der Waals surface area contributed by atoms with Crippen molar-refractivity contribution in [3.63, 3.8) is 0 Å². The first-order valence-electron chi connectivity index (χ1n) is 4.90. The molecule has 0 amide bonds. The van der Waals surface area contributed by atoms with E-state index in [1.807, 2.05) is 19.1 Å². The quantitative estimate of drug-likeness (QED) is 0.545. The van der Waals surface area contributed by atoms with Crippen molar-refractivity contribution in [1.29, 1.82) is 0 Å². The summed E-state index contributed by atoms with van der Waals surface area (Å²) in [6, 6.07) is 3.91. The smallest absolute Gasteiger partial charge is 0.182 e. The second kappa shape index (κ2) is 7.04. The standard InChI is InChI=1S/C11H16O2S2/c1-9-4-5-11(15-9)10(12)8-14-7-3-6-13-2/h4-5H,3,6-8H2,1-2H3. The number of rotatable bonds is 7. The molecule has 2 nitrogen and oxygen atoms in total. The number of thioether (sulfide) groups is 1. The molecule has 0 aliphatic rings. The van der Waals surface area contributed by atoms with Gasteiger partial charge in [0, 0.05) is 18.6 Å². The van der Waals surface area contributed by atoms with Gasteiger partial charge in [-0.2, -0.15) is 11.8 Å². The van der Waals surface area contributed by atoms with Gasteiger partial charge in [0.15, 0.2) is 5.78 Å². The maximum Gasteiger partial charge on any atom is 0.182 e. The number of carbonyl (C=O) groups is 1. The van der Waals surface area contributed by atoms with E-state index >= 15 is 0 Å². The number of thiophene rings is 1. The monoisotopic (exact) mass is 244 g/mol. The van der Waals surface area contributed by atoms with E-state index in [1.165, 1.54) is 4.88 Å². The van der Waals surface area contributed by atoms with Gasteiger partial charge in [-0.25, -0.2) is 0 Å². The fourth-order valence-electron chi connectivity index (χ4n) is 1.13. The number of hydrogen-bond acceptors (Lipinski definition) is 4. The van der Waals surface area contributed by atoms with Crippen molar-refractivity contribution >= 4 is 28.9 Å². The van der Waals surface area contributed by atoms with Crippen molar-refractivity contribution in [2.24, 2.45) is 0 Å². The first-order chi connectivity index (χ1) is 7.24. The third-order valence-electron chi connectivity index (χ3n) is 1.89. The lowest BCUT2D eigenvalue weighted by Gasteiger charge is -1.99. The molecule has 1 rings (SSSR count). The van der Waals surface area contributed by atoms with Gasteiger partial charge in [-0.05, 0) is 31.2 Å². The van der Waals surface area contributed by atoms with Gasteiger partial charge in [-0.1, -0.05) is 0 Å². The van der Waals surface area contributed by atoms with Crippen LogP contribution in [0.3, 0.4) is 0 Å². The number of aryl methyl sites for hydroxylation is 1. The van der Waals surface area contributed by atoms with E-state index in [-0.39, 0.29) is 5.78 Å². The van der Waals surface area contributed by atoms with Gasteiger partial charge in [-0.3, -0.25) is 4.79 Å². The van der Waals surface area contributed by atoms with Gasteiger partial charge in [0.05, 0.1) is 10.6 Å². The van der Waals surface area contributed by atoms with Crippen LogP contribution in [0, 0.1) is 6.92 Å². The Morgan fingerprint density at radius 3 is 2.93 bits per heavy atom. The molecule has 1 aromatic rings. The van der Waals surface area contributed by atoms with E-state index in [0.29, 0.717) is 5.75 Å². The molecule has 1 aromatic heterocycles. The van der Waals surface area contributed by atoms with Gasteiger partial charge < -0.3 is 4.74 Å². The fourth-order valence-corrected chi connectivity index (χ4v) is 2.83. The Morgan fingerprint density at radius 1 is 1.53 bits per heavy atom. The van der Waals surface area contributed by atoms with Crippen LogP contribution < -0.4 is 0 Å². The van der Waals surface area contributed by atoms with E-state index < -0.39 is 0 Å². The summed E-state index contributed by atoms with van der Waals surface area (Å²) in [6.45, 7) is 2.80. The number of hydrogen-bond donors (Lipinski definition) is 0. The predicted molar refractivity (Wildman–Crippen MR) is 67.2 cm³/mol. The molecule has 0 bridgehead atoms. The Morgan fingerprint density at radius 2 is 2.33 bits per heavy atom. The number of ketones is 1. The zero-order chi connectivity index (χ0) is 11.1. The molecule has 1 heterocycles. The van der Waals surface area contributed by atoms with Gasteiger partial charge in [-0.15, -0.1) is 11.3 Å². The zero-order valence-electron chi connectivity index (χ0n) is 9.12. The average molecular weight is 244 g/mol. The fraction of sp³-hybridized carbons (Fsp3) is 0.545. The van der Waals surface area contributed by atoms with Crippen LogP contribution in [0.25, 0.3) is 0 Å². The molecule has 0 fully saturated rings. The second-order valence-corrected chi connectivity index (χ2v) is 5.63. The minimum Gasteiger partial charge on any atom is -0.385 e. The average Bonchev–Trinajstić information content (AvgIpc) is 2.64. The highest BCUT2D eigenvalue weighted by atomic mass is 32.2. The van der Waals surface area contributed by atoms with E-state index in [1.54, 1.807) is 30.2 Å². The van der Waals surface area contributed by atoms with Crippen LogP contribution in [-0.4, -0.2) is 31.0 Å². The van der Waals surface area contributed by atoms with Crippen LogP contribution in [0.5, 0.6) is 0 Å². The highest BCUT2D eigenvalue weighted by Gasteiger charge is 2.07. The maximum absolute atomic E-state index is 11.6. The second-order valence-electron chi connectivity index (χ2n) is 3.23. The number of Topliss-reactive ketones (excluding diaryl/α,β-unsaturated/α-hetero) is 1. The summed E-state index contributed by atoms with van der Waals surface area (Å²) in [7, 11) is 1.70. The molecule has 15 heavy (non-hydrogen) atoms. The minimum atomic E-state index is 0.246. The van der Waals surface area contributed by atoms with E-state index in [4.69, 9.17) is 4.74 Å². The molecular formula is C11H16O2S2. The molecule has 0 unspecified atom stereocenters. The zero-order valence-corrected chi connectivity index (χ0v) is 10.7. The summed E-state index contributed by atoms with van der Waals surface area (Å²) in [5.74, 6) is 1.82. The van der Waals surface area contributed by atoms with Crippen LogP contribution in [0.1, 0.15) is 21.0 Å². The summed E-state index contributed by atoms with van der Waals surface area (Å²) >= 11 is 3.26. The summed E-state index contributed by atoms with van der Waals surface area (Å²) < 4.78 is 4.94. The first kappa shape index (κ1) is 12.7. The van der Waals surface area contributed by atoms with Crippen molar-refractivity contribution < 1.29 is 9.53 Å². The summed E-state index contributed by atoms with van der Waals surface area (Å²) in [5, 5.41) is 0. The predicted octanol–water partition coefficient (Wildman–Crippen LogP) is 3.01. The minimum absolute atomic E-state index is 0.246. The van der Waals surface area contributed by atoms with E-state index in [0.717, 1.165) is 23.7 Å². The van der Waals surface area contributed by atoms with Crippen LogP contribution >= 0.6 is 23.1 Å². The largest absolute Gasteiger partial charge is 0.385 e. The normalized spacial score (nSPS) is 10.5. The van der Waals surface area contributed by atoms with Crippen molar-refractivity contribution in [1.82, 2.24) is 0 Å². The lowest BCUT2D eigenvalue weighted by Crippen LogP contribution is -2.01. The molecule has 4 heteroatoms. The van der Waals surface area contributed by atoms with E-state index in [9.17, 15) is 4.79 Å². The number of ether oxygens (including phenoxy) is 1. The molecular weight excluding hydrogens is 228 g/mol. The molecule has 0 saturated heterocycles.